The minimum absolute atomic E-state index is 0.146. The Morgan fingerprint density at radius 1 is 0.792 bits per heavy atom. The Kier molecular flexibility index (Phi) is 3.51. The van der Waals surface area contributed by atoms with Crippen LogP contribution in [-0.4, -0.2) is 5.52 Å². The van der Waals surface area contributed by atoms with Gasteiger partial charge in [0.05, 0.1) is 0 Å². The molecule has 1 heterocycles. The molecule has 3 heteroatoms. The van der Waals surface area contributed by atoms with E-state index in [1.54, 1.807) is 0 Å². The van der Waals surface area contributed by atoms with Crippen molar-refractivity contribution in [1.82, 2.24) is 0 Å². The third-order valence-corrected chi connectivity index (χ3v) is 8.32. The molecule has 1 aliphatic heterocycles. The molecule has 0 aliphatic carbocycles. The van der Waals surface area contributed by atoms with Crippen LogP contribution in [0.4, 0.5) is 0 Å². The summed E-state index contributed by atoms with van der Waals surface area (Å²) >= 11 is 0. The number of aryl methyl sites for hydroxylation is 2. The molecular formula is C21H19O2P. The molecule has 0 saturated heterocycles. The molecule has 0 radical (unpaired) electrons. The third kappa shape index (κ3) is 2.11. The number of fused-ring (bicyclic) bond motifs is 1. The van der Waals surface area contributed by atoms with E-state index in [2.05, 4.69) is 6.07 Å². The van der Waals surface area contributed by atoms with Crippen molar-refractivity contribution in [2.75, 3.05) is 0 Å². The van der Waals surface area contributed by atoms with Crippen LogP contribution in [0, 0.1) is 13.8 Å². The molecular weight excluding hydrogens is 315 g/mol. The number of hydrogen-bond acceptors (Lipinski definition) is 2. The molecule has 0 atom stereocenters. The van der Waals surface area contributed by atoms with Gasteiger partial charge in [0.1, 0.15) is 0 Å². The van der Waals surface area contributed by atoms with E-state index in [1.165, 1.54) is 0 Å². The number of carbonyl (C=O) groups is 1. The van der Waals surface area contributed by atoms with Crippen molar-refractivity contribution in [2.24, 2.45) is 0 Å². The molecule has 0 saturated carbocycles. The zero-order valence-corrected chi connectivity index (χ0v) is 14.7. The predicted molar refractivity (Wildman–Crippen MR) is 101 cm³/mol. The summed E-state index contributed by atoms with van der Waals surface area (Å²) in [5.41, 5.74) is 3.01. The fourth-order valence-corrected chi connectivity index (χ4v) is 7.25. The molecule has 0 bridgehead atoms. The van der Waals surface area contributed by atoms with E-state index in [0.717, 1.165) is 33.0 Å². The standard InChI is InChI=1S/C21H19O2P/c1-15-13-16(2)20-19(14-15)23-24(21(20)22,17-9-5-3-6-10-17)18-11-7-4-8-12-18/h3-14,24H,1-2H3. The van der Waals surface area contributed by atoms with Crippen LogP contribution >= 0.6 is 7.49 Å². The van der Waals surface area contributed by atoms with Crippen molar-refractivity contribution < 1.29 is 9.32 Å². The average Bonchev–Trinajstić information content (AvgIpc) is 2.90. The number of hydrogen-bond donors (Lipinski definition) is 0. The zero-order chi connectivity index (χ0) is 16.7. The van der Waals surface area contributed by atoms with E-state index in [9.17, 15) is 4.79 Å². The van der Waals surface area contributed by atoms with Gasteiger partial charge in [0.2, 0.25) is 0 Å². The van der Waals surface area contributed by atoms with Crippen LogP contribution in [0.1, 0.15) is 21.5 Å². The molecule has 0 amide bonds. The maximum absolute atomic E-state index is 13.6. The molecule has 120 valence electrons. The summed E-state index contributed by atoms with van der Waals surface area (Å²) in [6.07, 6.45) is 0. The normalized spacial score (nSPS) is 16.3. The molecule has 0 spiro atoms. The van der Waals surface area contributed by atoms with Crippen molar-refractivity contribution in [3.05, 3.63) is 89.5 Å². The van der Waals surface area contributed by atoms with Gasteiger partial charge in [0.25, 0.3) is 0 Å². The number of rotatable bonds is 2. The summed E-state index contributed by atoms with van der Waals surface area (Å²) in [4.78, 5) is 13.6. The first-order chi connectivity index (χ1) is 11.6. The molecule has 4 rings (SSSR count). The van der Waals surface area contributed by atoms with Crippen molar-refractivity contribution in [3.8, 4) is 5.75 Å². The molecule has 0 aromatic heterocycles. The topological polar surface area (TPSA) is 26.3 Å². The fraction of sp³-hybridized carbons (Fsp3) is 0.0952. The van der Waals surface area contributed by atoms with Crippen LogP contribution in [-0.2, 0) is 0 Å². The summed E-state index contributed by atoms with van der Waals surface area (Å²) in [6, 6.07) is 24.0. The second-order valence-electron chi connectivity index (χ2n) is 6.30. The Labute approximate surface area is 142 Å². The van der Waals surface area contributed by atoms with Gasteiger partial charge in [-0.2, -0.15) is 0 Å². The van der Waals surface area contributed by atoms with Crippen molar-refractivity contribution in [1.29, 1.82) is 0 Å². The zero-order valence-electron chi connectivity index (χ0n) is 13.7. The van der Waals surface area contributed by atoms with Crippen molar-refractivity contribution >= 4 is 23.6 Å². The summed E-state index contributed by atoms with van der Waals surface area (Å²) in [5, 5.41) is 1.99. The Morgan fingerprint density at radius 3 is 1.88 bits per heavy atom. The Bertz CT molecular complexity index is 878. The van der Waals surface area contributed by atoms with Crippen LogP contribution in [0.2, 0.25) is 0 Å². The fourth-order valence-electron chi connectivity index (χ4n) is 3.58. The Balaban J connectivity index is 2.01. The van der Waals surface area contributed by atoms with Crippen LogP contribution in [0.3, 0.4) is 0 Å². The van der Waals surface area contributed by atoms with E-state index < -0.39 is 7.49 Å². The Morgan fingerprint density at radius 2 is 1.33 bits per heavy atom. The number of carbonyl (C=O) groups excluding carboxylic acids is 1. The van der Waals surface area contributed by atoms with Gasteiger partial charge in [0.15, 0.2) is 0 Å². The second-order valence-corrected chi connectivity index (χ2v) is 9.47. The number of benzene rings is 3. The van der Waals surface area contributed by atoms with E-state index in [4.69, 9.17) is 4.52 Å². The summed E-state index contributed by atoms with van der Waals surface area (Å²) in [7, 11) is -2.99. The predicted octanol–water partition coefficient (Wildman–Crippen LogP) is 4.15. The van der Waals surface area contributed by atoms with Crippen LogP contribution in [0.25, 0.3) is 0 Å². The third-order valence-electron chi connectivity index (χ3n) is 4.61. The van der Waals surface area contributed by atoms with E-state index >= 15 is 0 Å². The first-order valence-electron chi connectivity index (χ1n) is 8.09. The maximum atomic E-state index is 13.6. The second kappa shape index (κ2) is 5.58. The van der Waals surface area contributed by atoms with Crippen molar-refractivity contribution in [3.63, 3.8) is 0 Å². The molecule has 3 aromatic rings. The van der Waals surface area contributed by atoms with Gasteiger partial charge in [-0.15, -0.1) is 0 Å². The van der Waals surface area contributed by atoms with Gasteiger partial charge < -0.3 is 0 Å². The minimum atomic E-state index is -2.99. The molecule has 1 aliphatic rings. The summed E-state index contributed by atoms with van der Waals surface area (Å²) in [6.45, 7) is 4.03. The van der Waals surface area contributed by atoms with Gasteiger partial charge in [-0.25, -0.2) is 0 Å². The van der Waals surface area contributed by atoms with Crippen LogP contribution < -0.4 is 15.1 Å². The van der Waals surface area contributed by atoms with Gasteiger partial charge in [-0.3, -0.25) is 0 Å². The molecule has 0 fully saturated rings. The summed E-state index contributed by atoms with van der Waals surface area (Å²) < 4.78 is 6.53. The monoisotopic (exact) mass is 334 g/mol. The van der Waals surface area contributed by atoms with E-state index in [-0.39, 0.29) is 5.52 Å². The first-order valence-corrected chi connectivity index (χ1v) is 10.00. The van der Waals surface area contributed by atoms with Gasteiger partial charge >= 0.3 is 142 Å². The van der Waals surface area contributed by atoms with Gasteiger partial charge in [-0.05, 0) is 0 Å². The molecule has 24 heavy (non-hydrogen) atoms. The van der Waals surface area contributed by atoms with Crippen LogP contribution in [0.5, 0.6) is 5.75 Å². The summed E-state index contributed by atoms with van der Waals surface area (Å²) in [5.74, 6) is 0.733. The molecule has 0 unspecified atom stereocenters. The van der Waals surface area contributed by atoms with Crippen LogP contribution in [0.15, 0.2) is 72.8 Å². The van der Waals surface area contributed by atoms with E-state index in [1.807, 2.05) is 80.6 Å². The first kappa shape index (κ1) is 15.1. The van der Waals surface area contributed by atoms with Gasteiger partial charge in [0, 0.05) is 0 Å². The van der Waals surface area contributed by atoms with Crippen molar-refractivity contribution in [2.45, 2.75) is 13.8 Å². The SMILES string of the molecule is Cc1cc(C)c2c(c1)O[PH](c1ccccc1)(c1ccccc1)C2=O. The molecule has 3 aromatic carbocycles. The quantitative estimate of drug-likeness (QED) is 0.658. The van der Waals surface area contributed by atoms with Gasteiger partial charge in [-0.1, -0.05) is 0 Å². The molecule has 2 nitrogen and oxygen atoms in total. The average molecular weight is 334 g/mol. The molecule has 0 N–H and O–H groups in total. The van der Waals surface area contributed by atoms with E-state index in [0.29, 0.717) is 0 Å². The Hall–Kier alpha value is -2.44.